The first kappa shape index (κ1) is 34.5. The predicted molar refractivity (Wildman–Crippen MR) is 115 cm³/mol. The van der Waals surface area contributed by atoms with Crippen molar-refractivity contribution in [3.05, 3.63) is 47.2 Å². The Morgan fingerprint density at radius 3 is 1.51 bits per heavy atom. The van der Waals surface area contributed by atoms with Gasteiger partial charge >= 0.3 is 35.8 Å². The summed E-state index contributed by atoms with van der Waals surface area (Å²) in [6.07, 6.45) is -8.47. The number of carbonyl (C=O) groups excluding carboxylic acids is 1. The molecule has 39 heavy (non-hydrogen) atoms. The van der Waals surface area contributed by atoms with E-state index in [-0.39, 0.29) is 31.2 Å². The van der Waals surface area contributed by atoms with E-state index in [0.717, 1.165) is 0 Å². The van der Waals surface area contributed by atoms with Crippen molar-refractivity contribution in [2.45, 2.75) is 81.7 Å². The van der Waals surface area contributed by atoms with Gasteiger partial charge in [-0.3, -0.25) is 4.79 Å². The molecular formula is C24H26F13NO. The normalized spacial score (nSPS) is 14.7. The number of hydrogen-bond acceptors (Lipinski definition) is 2. The van der Waals surface area contributed by atoms with E-state index in [4.69, 9.17) is 0 Å². The Kier molecular flexibility index (Phi) is 10.9. The molecule has 0 spiro atoms. The van der Waals surface area contributed by atoms with Crippen LogP contribution in [0.1, 0.15) is 45.1 Å². The SMILES string of the molecule is CCCCN(CCCC)/C(=C(/C=O)Cc1ccccc1)C(F)(F)C(F)(F)C(F)(F)C(F)(F)C(F)(F)C(F)(F)F. The minimum absolute atomic E-state index is 0.0165. The van der Waals surface area contributed by atoms with E-state index < -0.39 is 72.9 Å². The molecule has 0 fully saturated rings. The van der Waals surface area contributed by atoms with Crippen LogP contribution in [0.4, 0.5) is 57.1 Å². The van der Waals surface area contributed by atoms with Gasteiger partial charge in [-0.15, -0.1) is 0 Å². The van der Waals surface area contributed by atoms with E-state index in [0.29, 0.717) is 4.90 Å². The number of benzene rings is 1. The summed E-state index contributed by atoms with van der Waals surface area (Å²) >= 11 is 0. The zero-order chi connectivity index (χ0) is 30.5. The van der Waals surface area contributed by atoms with Crippen molar-refractivity contribution in [3.8, 4) is 0 Å². The summed E-state index contributed by atoms with van der Waals surface area (Å²) in [5.74, 6) is -37.8. The van der Waals surface area contributed by atoms with Crippen molar-refractivity contribution in [3.63, 3.8) is 0 Å². The fourth-order valence-corrected chi connectivity index (χ4v) is 3.55. The van der Waals surface area contributed by atoms with Crippen LogP contribution in [0.15, 0.2) is 41.6 Å². The van der Waals surface area contributed by atoms with Crippen LogP contribution in [0.25, 0.3) is 0 Å². The van der Waals surface area contributed by atoms with Gasteiger partial charge in [-0.1, -0.05) is 57.0 Å². The molecule has 0 aromatic heterocycles. The first-order chi connectivity index (χ1) is 17.7. The topological polar surface area (TPSA) is 20.3 Å². The summed E-state index contributed by atoms with van der Waals surface area (Å²) in [5.41, 5.74) is -3.43. The quantitative estimate of drug-likeness (QED) is 0.116. The number of alkyl halides is 13. The third kappa shape index (κ3) is 6.47. The van der Waals surface area contributed by atoms with Gasteiger partial charge in [0.2, 0.25) is 0 Å². The number of aldehydes is 1. The molecule has 0 aliphatic carbocycles. The lowest BCUT2D eigenvalue weighted by atomic mass is 9.89. The van der Waals surface area contributed by atoms with Crippen LogP contribution in [0.5, 0.6) is 0 Å². The number of hydrogen-bond donors (Lipinski definition) is 0. The Hall–Kier alpha value is -2.48. The number of nitrogens with zero attached hydrogens (tertiary/aromatic N) is 1. The van der Waals surface area contributed by atoms with Gasteiger partial charge in [0, 0.05) is 25.1 Å². The van der Waals surface area contributed by atoms with E-state index >= 15 is 8.78 Å². The zero-order valence-electron chi connectivity index (χ0n) is 20.7. The smallest absolute Gasteiger partial charge is 0.369 e. The second kappa shape index (κ2) is 12.4. The fraction of sp³-hybridized carbons (Fsp3) is 0.625. The second-order valence-corrected chi connectivity index (χ2v) is 8.72. The zero-order valence-corrected chi connectivity index (χ0v) is 20.7. The maximum Gasteiger partial charge on any atom is 0.460 e. The first-order valence-corrected chi connectivity index (χ1v) is 11.6. The highest BCUT2D eigenvalue weighted by atomic mass is 19.4. The Morgan fingerprint density at radius 2 is 1.13 bits per heavy atom. The Morgan fingerprint density at radius 1 is 0.692 bits per heavy atom. The molecule has 2 nitrogen and oxygen atoms in total. The largest absolute Gasteiger partial charge is 0.460 e. The molecule has 0 heterocycles. The maximum absolute atomic E-state index is 15.5. The van der Waals surface area contributed by atoms with E-state index in [1.54, 1.807) is 0 Å². The molecule has 1 aromatic rings. The lowest BCUT2D eigenvalue weighted by molar-refractivity contribution is -0.437. The average molecular weight is 591 g/mol. The van der Waals surface area contributed by atoms with Crippen molar-refractivity contribution < 1.29 is 61.9 Å². The van der Waals surface area contributed by atoms with Crippen LogP contribution in [-0.2, 0) is 11.2 Å². The van der Waals surface area contributed by atoms with Gasteiger partial charge in [0.25, 0.3) is 0 Å². The molecule has 0 aliphatic rings. The van der Waals surface area contributed by atoms with Gasteiger partial charge in [0.05, 0.1) is 5.70 Å². The van der Waals surface area contributed by atoms with E-state index in [2.05, 4.69) is 0 Å². The van der Waals surface area contributed by atoms with Crippen molar-refractivity contribution >= 4 is 6.29 Å². The Labute approximate surface area is 215 Å². The summed E-state index contributed by atoms with van der Waals surface area (Å²) in [6.45, 7) is 1.88. The average Bonchev–Trinajstić information content (AvgIpc) is 2.84. The number of halogens is 13. The van der Waals surface area contributed by atoms with E-state index in [1.165, 1.54) is 44.2 Å². The summed E-state index contributed by atoms with van der Waals surface area (Å²) in [5, 5.41) is 0. The van der Waals surface area contributed by atoms with Gasteiger partial charge < -0.3 is 4.90 Å². The number of unbranched alkanes of at least 4 members (excludes halogenated alkanes) is 2. The molecule has 0 radical (unpaired) electrons. The molecule has 0 N–H and O–H groups in total. The van der Waals surface area contributed by atoms with Gasteiger partial charge in [-0.2, -0.15) is 57.1 Å². The van der Waals surface area contributed by atoms with Crippen LogP contribution < -0.4 is 0 Å². The third-order valence-electron chi connectivity index (χ3n) is 5.79. The van der Waals surface area contributed by atoms with Crippen molar-refractivity contribution in [2.24, 2.45) is 0 Å². The summed E-state index contributed by atoms with van der Waals surface area (Å²) < 4.78 is 181. The molecule has 1 rings (SSSR count). The minimum Gasteiger partial charge on any atom is -0.369 e. The van der Waals surface area contributed by atoms with E-state index in [9.17, 15) is 53.1 Å². The monoisotopic (exact) mass is 591 g/mol. The van der Waals surface area contributed by atoms with Crippen molar-refractivity contribution in [1.29, 1.82) is 0 Å². The van der Waals surface area contributed by atoms with Crippen LogP contribution >= 0.6 is 0 Å². The van der Waals surface area contributed by atoms with Gasteiger partial charge in [-0.05, 0) is 18.4 Å². The molecule has 0 aliphatic heterocycles. The molecule has 1 aromatic carbocycles. The number of allylic oxidation sites excluding steroid dienone is 2. The van der Waals surface area contributed by atoms with E-state index in [1.807, 2.05) is 0 Å². The molecule has 0 saturated heterocycles. The molecule has 0 saturated carbocycles. The predicted octanol–water partition coefficient (Wildman–Crippen LogP) is 8.32. The lowest BCUT2D eigenvalue weighted by Crippen LogP contribution is -2.70. The molecule has 0 atom stereocenters. The lowest BCUT2D eigenvalue weighted by Gasteiger charge is -2.42. The molecule has 0 bridgehead atoms. The molecular weight excluding hydrogens is 565 g/mol. The van der Waals surface area contributed by atoms with Crippen LogP contribution in [0, 0.1) is 0 Å². The molecule has 15 heteroatoms. The number of carbonyl (C=O) groups is 1. The first-order valence-electron chi connectivity index (χ1n) is 11.6. The highest BCUT2D eigenvalue weighted by Gasteiger charge is 2.91. The van der Waals surface area contributed by atoms with Gasteiger partial charge in [0.15, 0.2) is 0 Å². The van der Waals surface area contributed by atoms with Gasteiger partial charge in [0.1, 0.15) is 6.29 Å². The molecule has 0 unspecified atom stereocenters. The van der Waals surface area contributed by atoms with Crippen LogP contribution in [-0.4, -0.2) is 60.1 Å². The third-order valence-corrected chi connectivity index (χ3v) is 5.79. The summed E-state index contributed by atoms with van der Waals surface area (Å²) in [4.78, 5) is 12.2. The number of rotatable bonds is 15. The Bertz CT molecular complexity index is 964. The van der Waals surface area contributed by atoms with Gasteiger partial charge in [-0.25, -0.2) is 0 Å². The highest BCUT2D eigenvalue weighted by molar-refractivity contribution is 5.76. The Balaban J connectivity index is 3.98. The fourth-order valence-electron chi connectivity index (χ4n) is 3.55. The minimum atomic E-state index is -8.02. The summed E-state index contributed by atoms with van der Waals surface area (Å²) in [6, 6.07) is 6.57. The van der Waals surface area contributed by atoms with Crippen LogP contribution in [0.3, 0.4) is 0 Å². The van der Waals surface area contributed by atoms with Crippen molar-refractivity contribution in [1.82, 2.24) is 4.90 Å². The van der Waals surface area contributed by atoms with Crippen molar-refractivity contribution in [2.75, 3.05) is 13.1 Å². The standard InChI is InChI=1S/C24H26F13NO/c1-3-5-12-38(13-6-4-2)18(17(15-39)14-16-10-8-7-9-11-16)19(25,26)20(27,28)21(29,30)22(31,32)23(33,34)24(35,36)37/h7-11,15H,3-6,12-14H2,1-2H3/b18-17+. The molecule has 0 amide bonds. The second-order valence-electron chi connectivity index (χ2n) is 8.72. The summed E-state index contributed by atoms with van der Waals surface area (Å²) in [7, 11) is 0. The maximum atomic E-state index is 15.5. The van der Waals surface area contributed by atoms with Crippen LogP contribution in [0.2, 0.25) is 0 Å². The molecule has 224 valence electrons. The highest BCUT2D eigenvalue weighted by Crippen LogP contribution is 2.61.